The molecule has 1 fully saturated rings. The zero-order valence-corrected chi connectivity index (χ0v) is 9.92. The van der Waals surface area contributed by atoms with Crippen LogP contribution in [0.5, 0.6) is 0 Å². The van der Waals surface area contributed by atoms with Gasteiger partial charge in [-0.25, -0.2) is 4.79 Å². The fourth-order valence-corrected chi connectivity index (χ4v) is 2.04. The highest BCUT2D eigenvalue weighted by Crippen LogP contribution is 2.31. The van der Waals surface area contributed by atoms with Crippen molar-refractivity contribution in [1.29, 1.82) is 0 Å². The van der Waals surface area contributed by atoms with E-state index in [0.717, 1.165) is 6.42 Å². The van der Waals surface area contributed by atoms with Gasteiger partial charge in [0.2, 0.25) is 0 Å². The smallest absolute Gasteiger partial charge is 0.459 e. The lowest BCUT2D eigenvalue weighted by molar-refractivity contribution is -0.201. The molecule has 1 saturated heterocycles. The Balaban J connectivity index is 2.43. The molecule has 100 valence electrons. The van der Waals surface area contributed by atoms with Crippen LogP contribution in [-0.4, -0.2) is 31.0 Å². The molecule has 0 spiro atoms. The maximum atomic E-state index is 11.9. The lowest BCUT2D eigenvalue weighted by atomic mass is 9.98. The van der Waals surface area contributed by atoms with Crippen LogP contribution in [0.1, 0.15) is 33.1 Å². The molecule has 1 aliphatic heterocycles. The highest BCUT2D eigenvalue weighted by Gasteiger charge is 2.42. The number of carbonyl (C=O) groups excluding carboxylic acids is 1. The Bertz CT molecular complexity index is 265. The van der Waals surface area contributed by atoms with E-state index in [-0.39, 0.29) is 24.7 Å². The minimum absolute atomic E-state index is 0.0644. The highest BCUT2D eigenvalue weighted by molar-refractivity contribution is 5.75. The van der Waals surface area contributed by atoms with Crippen LogP contribution in [0.3, 0.4) is 0 Å². The summed E-state index contributed by atoms with van der Waals surface area (Å²) in [6.45, 7) is 3.65. The Morgan fingerprint density at radius 2 is 2.00 bits per heavy atom. The molecule has 0 amide bonds. The largest absolute Gasteiger partial charge is 0.490 e. The molecule has 1 aliphatic rings. The summed E-state index contributed by atoms with van der Waals surface area (Å²) in [4.78, 5) is 10.6. The molecule has 0 aliphatic carbocycles. The molecule has 17 heavy (non-hydrogen) atoms. The van der Waals surface area contributed by atoms with Crippen molar-refractivity contribution < 1.29 is 27.4 Å². The van der Waals surface area contributed by atoms with Crippen molar-refractivity contribution in [3.8, 4) is 0 Å². The number of esters is 1. The average Bonchev–Trinajstić information content (AvgIpc) is 2.66. The van der Waals surface area contributed by atoms with Gasteiger partial charge in [0.1, 0.15) is 0 Å². The van der Waals surface area contributed by atoms with E-state index in [2.05, 4.69) is 4.74 Å². The van der Waals surface area contributed by atoms with Gasteiger partial charge in [-0.1, -0.05) is 13.8 Å². The van der Waals surface area contributed by atoms with Crippen LogP contribution < -0.4 is 0 Å². The SMILES string of the molecule is CCC1CC(COC(=O)C(F)(F)F)C(CC)O1. The van der Waals surface area contributed by atoms with E-state index < -0.39 is 12.1 Å². The van der Waals surface area contributed by atoms with E-state index in [4.69, 9.17) is 4.74 Å². The average molecular weight is 254 g/mol. The minimum atomic E-state index is -4.91. The second kappa shape index (κ2) is 5.71. The number of rotatable bonds is 4. The Morgan fingerprint density at radius 1 is 1.35 bits per heavy atom. The van der Waals surface area contributed by atoms with Crippen LogP contribution in [0.4, 0.5) is 13.2 Å². The van der Waals surface area contributed by atoms with Gasteiger partial charge in [-0.3, -0.25) is 0 Å². The van der Waals surface area contributed by atoms with Crippen molar-refractivity contribution >= 4 is 5.97 Å². The third kappa shape index (κ3) is 3.87. The first-order valence-electron chi connectivity index (χ1n) is 5.77. The molecule has 3 nitrogen and oxygen atoms in total. The van der Waals surface area contributed by atoms with Crippen LogP contribution in [0.25, 0.3) is 0 Å². The van der Waals surface area contributed by atoms with Gasteiger partial charge in [-0.15, -0.1) is 0 Å². The Kier molecular flexibility index (Phi) is 4.80. The predicted molar refractivity (Wildman–Crippen MR) is 54.4 cm³/mol. The molecule has 0 N–H and O–H groups in total. The van der Waals surface area contributed by atoms with E-state index in [1.165, 1.54) is 0 Å². The molecule has 6 heteroatoms. The van der Waals surface area contributed by atoms with Crippen LogP contribution in [-0.2, 0) is 14.3 Å². The molecular formula is C11H17F3O3. The standard InChI is InChI=1S/C11H17F3O3/c1-3-8-5-7(9(4-2)17-8)6-16-10(15)11(12,13)14/h7-9H,3-6H2,1-2H3. The van der Waals surface area contributed by atoms with Crippen LogP contribution in [0.2, 0.25) is 0 Å². The van der Waals surface area contributed by atoms with Crippen LogP contribution in [0.15, 0.2) is 0 Å². The Morgan fingerprint density at radius 3 is 2.47 bits per heavy atom. The third-order valence-corrected chi connectivity index (χ3v) is 2.98. The quantitative estimate of drug-likeness (QED) is 0.723. The number of carbonyl (C=O) groups is 1. The monoisotopic (exact) mass is 254 g/mol. The number of hydrogen-bond donors (Lipinski definition) is 0. The van der Waals surface area contributed by atoms with Gasteiger partial charge in [-0.2, -0.15) is 13.2 Å². The second-order valence-corrected chi connectivity index (χ2v) is 4.21. The lowest BCUT2D eigenvalue weighted by Gasteiger charge is -2.17. The molecule has 1 heterocycles. The summed E-state index contributed by atoms with van der Waals surface area (Å²) in [7, 11) is 0. The Hall–Kier alpha value is -0.780. The van der Waals surface area contributed by atoms with Crippen LogP contribution >= 0.6 is 0 Å². The van der Waals surface area contributed by atoms with E-state index >= 15 is 0 Å². The molecule has 0 radical (unpaired) electrons. The zero-order valence-electron chi connectivity index (χ0n) is 9.92. The first kappa shape index (κ1) is 14.3. The van der Waals surface area contributed by atoms with Crippen LogP contribution in [0, 0.1) is 5.92 Å². The first-order chi connectivity index (χ1) is 7.88. The summed E-state index contributed by atoms with van der Waals surface area (Å²) in [5.41, 5.74) is 0. The van der Waals surface area contributed by atoms with E-state index in [1.54, 1.807) is 0 Å². The molecule has 0 saturated carbocycles. The topological polar surface area (TPSA) is 35.5 Å². The number of ether oxygens (including phenoxy) is 2. The van der Waals surface area contributed by atoms with Crippen molar-refractivity contribution in [2.75, 3.05) is 6.61 Å². The van der Waals surface area contributed by atoms with Gasteiger partial charge in [0.05, 0.1) is 18.8 Å². The summed E-state index contributed by atoms with van der Waals surface area (Å²) in [6, 6.07) is 0. The number of alkyl halides is 3. The zero-order chi connectivity index (χ0) is 13.1. The van der Waals surface area contributed by atoms with E-state index in [0.29, 0.717) is 12.8 Å². The molecular weight excluding hydrogens is 237 g/mol. The Labute approximate surface area is 98.3 Å². The highest BCUT2D eigenvalue weighted by atomic mass is 19.4. The van der Waals surface area contributed by atoms with Gasteiger partial charge in [0.25, 0.3) is 0 Å². The molecule has 0 bridgehead atoms. The minimum Gasteiger partial charge on any atom is -0.459 e. The second-order valence-electron chi connectivity index (χ2n) is 4.21. The van der Waals surface area contributed by atoms with Gasteiger partial charge in [-0.05, 0) is 19.3 Å². The van der Waals surface area contributed by atoms with Crippen molar-refractivity contribution in [1.82, 2.24) is 0 Å². The van der Waals surface area contributed by atoms with Gasteiger partial charge in [0.15, 0.2) is 0 Å². The molecule has 3 unspecified atom stereocenters. The maximum absolute atomic E-state index is 11.9. The lowest BCUT2D eigenvalue weighted by Crippen LogP contribution is -2.29. The van der Waals surface area contributed by atoms with Crippen molar-refractivity contribution in [3.63, 3.8) is 0 Å². The molecule has 0 aromatic heterocycles. The summed E-state index contributed by atoms with van der Waals surface area (Å²) in [5.74, 6) is -2.25. The van der Waals surface area contributed by atoms with Crippen molar-refractivity contribution in [2.45, 2.75) is 51.5 Å². The molecule has 3 atom stereocenters. The summed E-state index contributed by atoms with van der Waals surface area (Å²) >= 11 is 0. The van der Waals surface area contributed by atoms with Gasteiger partial charge < -0.3 is 9.47 Å². The number of hydrogen-bond acceptors (Lipinski definition) is 3. The van der Waals surface area contributed by atoms with Gasteiger partial charge >= 0.3 is 12.1 Å². The van der Waals surface area contributed by atoms with Crippen molar-refractivity contribution in [3.05, 3.63) is 0 Å². The molecule has 0 aromatic rings. The fourth-order valence-electron chi connectivity index (χ4n) is 2.04. The van der Waals surface area contributed by atoms with E-state index in [1.807, 2.05) is 13.8 Å². The predicted octanol–water partition coefficient (Wildman–Crippen LogP) is 2.69. The third-order valence-electron chi connectivity index (χ3n) is 2.98. The summed E-state index contributed by atoms with van der Waals surface area (Å²) in [5, 5.41) is 0. The fraction of sp³-hybridized carbons (Fsp3) is 0.909. The van der Waals surface area contributed by atoms with Crippen molar-refractivity contribution in [2.24, 2.45) is 5.92 Å². The molecule has 1 rings (SSSR count). The summed E-state index contributed by atoms with van der Waals surface area (Å²) in [6.07, 6.45) is -2.77. The maximum Gasteiger partial charge on any atom is 0.490 e. The first-order valence-corrected chi connectivity index (χ1v) is 5.77. The normalized spacial score (nSPS) is 29.4. The molecule has 0 aromatic carbocycles. The number of halogens is 3. The van der Waals surface area contributed by atoms with Gasteiger partial charge in [0, 0.05) is 5.92 Å². The van der Waals surface area contributed by atoms with E-state index in [9.17, 15) is 18.0 Å². The summed E-state index contributed by atoms with van der Waals surface area (Å²) < 4.78 is 45.7.